The highest BCUT2D eigenvalue weighted by molar-refractivity contribution is 6.31. The van der Waals surface area contributed by atoms with Crippen molar-refractivity contribution in [2.45, 2.75) is 58.3 Å². The van der Waals surface area contributed by atoms with Crippen LogP contribution in [0.5, 0.6) is 0 Å². The summed E-state index contributed by atoms with van der Waals surface area (Å²) in [5, 5.41) is 3.42. The summed E-state index contributed by atoms with van der Waals surface area (Å²) < 4.78 is 10.8. The molecule has 144 valence electrons. The van der Waals surface area contributed by atoms with E-state index in [-0.39, 0.29) is 13.1 Å². The Morgan fingerprint density at radius 2 is 1.58 bits per heavy atom. The molecular formula is C19H27ClN2O4. The van der Waals surface area contributed by atoms with Gasteiger partial charge in [-0.15, -0.1) is 0 Å². The van der Waals surface area contributed by atoms with E-state index in [4.69, 9.17) is 21.1 Å². The second-order valence-corrected chi connectivity index (χ2v) is 8.93. The normalized spacial score (nSPS) is 16.5. The molecule has 0 unspecified atom stereocenters. The first kappa shape index (κ1) is 20.4. The average molecular weight is 383 g/mol. The van der Waals surface area contributed by atoms with Crippen LogP contribution >= 0.6 is 11.6 Å². The van der Waals surface area contributed by atoms with Crippen molar-refractivity contribution in [3.05, 3.63) is 34.9 Å². The number of ether oxygens (including phenoxy) is 2. The number of nitrogens with one attached hydrogen (secondary N) is 1. The minimum Gasteiger partial charge on any atom is -0.444 e. The number of benzene rings is 1. The zero-order chi connectivity index (χ0) is 19.8. The van der Waals surface area contributed by atoms with E-state index in [1.165, 1.54) is 4.90 Å². The summed E-state index contributed by atoms with van der Waals surface area (Å²) in [6, 6.07) is 7.25. The smallest absolute Gasteiger partial charge is 0.410 e. The molecule has 0 aromatic heterocycles. The molecule has 0 bridgehead atoms. The number of amides is 2. The summed E-state index contributed by atoms with van der Waals surface area (Å²) in [6.07, 6.45) is -0.979. The summed E-state index contributed by atoms with van der Waals surface area (Å²) in [7, 11) is 0. The Balaban J connectivity index is 2.20. The van der Waals surface area contributed by atoms with Crippen molar-refractivity contribution >= 4 is 23.8 Å². The van der Waals surface area contributed by atoms with Gasteiger partial charge in [-0.2, -0.15) is 0 Å². The minimum atomic E-state index is -0.808. The number of hydrogen-bond acceptors (Lipinski definition) is 4. The Morgan fingerprint density at radius 3 is 2.08 bits per heavy atom. The number of hydrogen-bond donors (Lipinski definition) is 1. The van der Waals surface area contributed by atoms with Crippen LogP contribution in [0.2, 0.25) is 5.02 Å². The number of carbonyl (C=O) groups is 2. The largest absolute Gasteiger partial charge is 0.444 e. The molecule has 2 amide bonds. The van der Waals surface area contributed by atoms with Crippen LogP contribution in [-0.2, 0) is 15.0 Å². The fraction of sp³-hybridized carbons (Fsp3) is 0.579. The average Bonchev–Trinajstić information content (AvgIpc) is 2.39. The molecule has 6 nitrogen and oxygen atoms in total. The number of carbonyl (C=O) groups excluding carboxylic acids is 2. The topological polar surface area (TPSA) is 67.9 Å². The zero-order valence-corrected chi connectivity index (χ0v) is 16.9. The molecule has 1 N–H and O–H groups in total. The van der Waals surface area contributed by atoms with Crippen LogP contribution in [0.4, 0.5) is 9.59 Å². The molecule has 1 aromatic rings. The predicted octanol–water partition coefficient (Wildman–Crippen LogP) is 4.31. The van der Waals surface area contributed by atoms with E-state index in [1.54, 1.807) is 26.8 Å². The van der Waals surface area contributed by atoms with Crippen LogP contribution in [0, 0.1) is 0 Å². The van der Waals surface area contributed by atoms with Gasteiger partial charge in [0.25, 0.3) is 0 Å². The number of rotatable bonds is 2. The maximum atomic E-state index is 12.3. The summed E-state index contributed by atoms with van der Waals surface area (Å²) in [6.45, 7) is 11.3. The fourth-order valence-electron chi connectivity index (χ4n) is 2.73. The Hall–Kier alpha value is -1.95. The van der Waals surface area contributed by atoms with Crippen LogP contribution < -0.4 is 5.32 Å². The van der Waals surface area contributed by atoms with Crippen LogP contribution in [0.25, 0.3) is 0 Å². The second kappa shape index (κ2) is 6.99. The molecule has 1 heterocycles. The van der Waals surface area contributed by atoms with Gasteiger partial charge in [0.05, 0.1) is 13.1 Å². The third kappa shape index (κ3) is 5.04. The maximum Gasteiger partial charge on any atom is 0.410 e. The van der Waals surface area contributed by atoms with E-state index in [0.29, 0.717) is 5.02 Å². The quantitative estimate of drug-likeness (QED) is 0.827. The van der Waals surface area contributed by atoms with Crippen molar-refractivity contribution in [2.24, 2.45) is 0 Å². The molecule has 1 aliphatic heterocycles. The van der Waals surface area contributed by atoms with E-state index >= 15 is 0 Å². The Labute approximate surface area is 159 Å². The number of likely N-dealkylation sites (tertiary alicyclic amines) is 1. The van der Waals surface area contributed by atoms with E-state index in [0.717, 1.165) is 5.56 Å². The lowest BCUT2D eigenvalue weighted by atomic mass is 9.82. The van der Waals surface area contributed by atoms with Crippen molar-refractivity contribution in [2.75, 3.05) is 13.1 Å². The standard InChI is InChI=1S/C19H27ClN2O4/c1-17(2,3)25-15(23)21-19(13-9-7-8-10-14(13)20)11-22(12-19)16(24)26-18(4,5)6/h7-10H,11-12H2,1-6H3,(H,21,23). The van der Waals surface area contributed by atoms with Gasteiger partial charge < -0.3 is 19.7 Å². The molecule has 0 atom stereocenters. The Kier molecular flexibility index (Phi) is 5.47. The van der Waals surface area contributed by atoms with Gasteiger partial charge in [0.2, 0.25) is 0 Å². The molecule has 0 radical (unpaired) electrons. The minimum absolute atomic E-state index is 0.255. The zero-order valence-electron chi connectivity index (χ0n) is 16.2. The van der Waals surface area contributed by atoms with Crippen molar-refractivity contribution < 1.29 is 19.1 Å². The highest BCUT2D eigenvalue weighted by Crippen LogP contribution is 2.37. The van der Waals surface area contributed by atoms with Crippen molar-refractivity contribution in [3.63, 3.8) is 0 Å². The predicted molar refractivity (Wildman–Crippen MR) is 100 cm³/mol. The molecule has 1 fully saturated rings. The van der Waals surface area contributed by atoms with Crippen LogP contribution in [-0.4, -0.2) is 41.4 Å². The molecule has 1 aromatic carbocycles. The van der Waals surface area contributed by atoms with E-state index in [1.807, 2.05) is 39.0 Å². The third-order valence-corrected chi connectivity index (χ3v) is 4.03. The highest BCUT2D eigenvalue weighted by Gasteiger charge is 2.50. The van der Waals surface area contributed by atoms with Gasteiger partial charge >= 0.3 is 12.2 Å². The van der Waals surface area contributed by atoms with Gasteiger partial charge in [-0.1, -0.05) is 29.8 Å². The Morgan fingerprint density at radius 1 is 1.04 bits per heavy atom. The monoisotopic (exact) mass is 382 g/mol. The van der Waals surface area contributed by atoms with Crippen LogP contribution in [0.1, 0.15) is 47.1 Å². The van der Waals surface area contributed by atoms with Gasteiger partial charge in [-0.05, 0) is 53.2 Å². The van der Waals surface area contributed by atoms with E-state index in [9.17, 15) is 9.59 Å². The molecule has 26 heavy (non-hydrogen) atoms. The van der Waals surface area contributed by atoms with E-state index in [2.05, 4.69) is 5.32 Å². The SMILES string of the molecule is CC(C)(C)OC(=O)NC1(c2ccccc2Cl)CN(C(=O)OC(C)(C)C)C1. The van der Waals surface area contributed by atoms with Crippen molar-refractivity contribution in [1.29, 1.82) is 0 Å². The lowest BCUT2D eigenvalue weighted by Gasteiger charge is -2.50. The van der Waals surface area contributed by atoms with Crippen molar-refractivity contribution in [3.8, 4) is 0 Å². The second-order valence-electron chi connectivity index (χ2n) is 8.53. The first-order valence-electron chi connectivity index (χ1n) is 8.55. The van der Waals surface area contributed by atoms with Crippen LogP contribution in [0.15, 0.2) is 24.3 Å². The van der Waals surface area contributed by atoms with Gasteiger partial charge in [0, 0.05) is 5.02 Å². The molecular weight excluding hydrogens is 356 g/mol. The molecule has 0 saturated carbocycles. The number of halogens is 1. The highest BCUT2D eigenvalue weighted by atomic mass is 35.5. The first-order chi connectivity index (χ1) is 11.8. The molecule has 0 spiro atoms. The van der Waals surface area contributed by atoms with Gasteiger partial charge in [-0.25, -0.2) is 9.59 Å². The molecule has 7 heteroatoms. The molecule has 0 aliphatic carbocycles. The molecule has 1 aliphatic rings. The molecule has 2 rings (SSSR count). The van der Waals surface area contributed by atoms with Gasteiger partial charge in [0.1, 0.15) is 16.7 Å². The summed E-state index contributed by atoms with van der Waals surface area (Å²) in [5.41, 5.74) is -1.27. The van der Waals surface area contributed by atoms with Gasteiger partial charge in [-0.3, -0.25) is 0 Å². The van der Waals surface area contributed by atoms with Crippen molar-refractivity contribution in [1.82, 2.24) is 10.2 Å². The molecule has 1 saturated heterocycles. The fourth-order valence-corrected chi connectivity index (χ4v) is 3.04. The van der Waals surface area contributed by atoms with E-state index < -0.39 is 28.9 Å². The van der Waals surface area contributed by atoms with Gasteiger partial charge in [0.15, 0.2) is 0 Å². The first-order valence-corrected chi connectivity index (χ1v) is 8.93. The Bertz CT molecular complexity index is 686. The third-order valence-electron chi connectivity index (χ3n) is 3.70. The number of alkyl carbamates (subject to hydrolysis) is 1. The van der Waals surface area contributed by atoms with Crippen LogP contribution in [0.3, 0.4) is 0 Å². The lowest BCUT2D eigenvalue weighted by Crippen LogP contribution is -2.69. The lowest BCUT2D eigenvalue weighted by molar-refractivity contribution is -0.0229. The summed E-state index contributed by atoms with van der Waals surface area (Å²) in [4.78, 5) is 26.2. The number of nitrogens with zero attached hydrogens (tertiary/aromatic N) is 1. The summed E-state index contributed by atoms with van der Waals surface area (Å²) in [5.74, 6) is 0. The summed E-state index contributed by atoms with van der Waals surface area (Å²) >= 11 is 6.34. The maximum absolute atomic E-state index is 12.3.